The molecule has 6 nitrogen and oxygen atoms in total. The minimum absolute atomic E-state index is 0.0921. The van der Waals surface area contributed by atoms with Gasteiger partial charge >= 0.3 is 12.4 Å². The van der Waals surface area contributed by atoms with E-state index in [1.165, 1.54) is 12.1 Å². The molecule has 5 rings (SSSR count). The van der Waals surface area contributed by atoms with Gasteiger partial charge in [0.05, 0.1) is 34.3 Å². The number of aromatic nitrogens is 1. The zero-order valence-corrected chi connectivity index (χ0v) is 18.4. The van der Waals surface area contributed by atoms with E-state index in [0.717, 1.165) is 30.8 Å². The molecular formula is C24H19F6N3O3. The maximum Gasteiger partial charge on any atom is 0.418 e. The van der Waals surface area contributed by atoms with Crippen LogP contribution in [-0.2, 0) is 12.4 Å². The van der Waals surface area contributed by atoms with Crippen molar-refractivity contribution in [2.45, 2.75) is 49.8 Å². The summed E-state index contributed by atoms with van der Waals surface area (Å²) in [5.74, 6) is -1.29. The van der Waals surface area contributed by atoms with Gasteiger partial charge in [0.25, 0.3) is 5.91 Å². The van der Waals surface area contributed by atoms with Crippen LogP contribution in [0.1, 0.15) is 40.7 Å². The molecule has 2 saturated heterocycles. The first-order valence-corrected chi connectivity index (χ1v) is 11.1. The number of fused-ring (bicyclic) bond motifs is 3. The van der Waals surface area contributed by atoms with Crippen molar-refractivity contribution >= 4 is 28.2 Å². The highest BCUT2D eigenvalue weighted by molar-refractivity contribution is 6.06. The van der Waals surface area contributed by atoms with E-state index in [0.29, 0.717) is 18.9 Å². The van der Waals surface area contributed by atoms with E-state index < -0.39 is 57.6 Å². The van der Waals surface area contributed by atoms with E-state index in [1.54, 1.807) is 4.90 Å². The Morgan fingerprint density at radius 1 is 1.03 bits per heavy atom. The summed E-state index contributed by atoms with van der Waals surface area (Å²) in [5, 5.41) is 11.4. The van der Waals surface area contributed by atoms with Gasteiger partial charge in [-0.25, -0.2) is 0 Å². The summed E-state index contributed by atoms with van der Waals surface area (Å²) in [7, 11) is 0. The maximum atomic E-state index is 13.9. The van der Waals surface area contributed by atoms with E-state index in [1.807, 2.05) is 5.32 Å². The zero-order valence-electron chi connectivity index (χ0n) is 18.4. The van der Waals surface area contributed by atoms with Gasteiger partial charge in [-0.05, 0) is 49.6 Å². The number of aliphatic hydroxyl groups is 1. The first-order chi connectivity index (χ1) is 16.9. The Morgan fingerprint density at radius 2 is 1.75 bits per heavy atom. The molecule has 12 heteroatoms. The smallest absolute Gasteiger partial charge is 0.391 e. The number of amides is 1. The maximum absolute atomic E-state index is 13.9. The van der Waals surface area contributed by atoms with Crippen molar-refractivity contribution in [2.24, 2.45) is 0 Å². The van der Waals surface area contributed by atoms with Crippen LogP contribution in [0.15, 0.2) is 47.4 Å². The lowest BCUT2D eigenvalue weighted by atomic mass is 9.98. The summed E-state index contributed by atoms with van der Waals surface area (Å²) in [5.41, 5.74) is -5.05. The normalized spacial score (nSPS) is 21.9. The number of aliphatic hydroxyl groups excluding tert-OH is 1. The number of alkyl halides is 6. The van der Waals surface area contributed by atoms with Gasteiger partial charge in [-0.1, -0.05) is 6.07 Å². The molecule has 3 N–H and O–H groups in total. The molecule has 0 radical (unpaired) electrons. The Morgan fingerprint density at radius 3 is 2.36 bits per heavy atom. The van der Waals surface area contributed by atoms with Crippen LogP contribution in [0, 0.1) is 0 Å². The second-order valence-corrected chi connectivity index (χ2v) is 8.95. The molecule has 190 valence electrons. The number of pyridine rings is 1. The fraction of sp³-hybridized carbons (Fsp3) is 0.333. The predicted octanol–water partition coefficient (Wildman–Crippen LogP) is 4.92. The molecule has 2 bridgehead atoms. The number of anilines is 2. The van der Waals surface area contributed by atoms with Crippen LogP contribution in [0.2, 0.25) is 0 Å². The molecule has 0 aliphatic carbocycles. The number of nitrogens with zero attached hydrogens (tertiary/aromatic N) is 1. The number of rotatable bonds is 3. The van der Waals surface area contributed by atoms with Crippen molar-refractivity contribution in [3.8, 4) is 0 Å². The second kappa shape index (κ2) is 8.26. The molecule has 2 aliphatic heterocycles. The molecule has 0 spiro atoms. The Kier molecular flexibility index (Phi) is 5.54. The molecule has 36 heavy (non-hydrogen) atoms. The van der Waals surface area contributed by atoms with Crippen molar-refractivity contribution < 1.29 is 36.2 Å². The van der Waals surface area contributed by atoms with Gasteiger partial charge in [-0.2, -0.15) is 26.3 Å². The summed E-state index contributed by atoms with van der Waals surface area (Å²) in [6, 6.07) is 5.88. The topological polar surface area (TPSA) is 85.4 Å². The van der Waals surface area contributed by atoms with Crippen molar-refractivity contribution in [1.82, 2.24) is 4.98 Å². The average molecular weight is 511 g/mol. The predicted molar refractivity (Wildman–Crippen MR) is 119 cm³/mol. The first-order valence-electron chi connectivity index (χ1n) is 11.1. The van der Waals surface area contributed by atoms with Gasteiger partial charge in [0.15, 0.2) is 0 Å². The third-order valence-electron chi connectivity index (χ3n) is 6.82. The van der Waals surface area contributed by atoms with Crippen LogP contribution in [0.3, 0.4) is 0 Å². The Bertz CT molecular complexity index is 1410. The average Bonchev–Trinajstić information content (AvgIpc) is 3.34. The first kappa shape index (κ1) is 24.2. The lowest BCUT2D eigenvalue weighted by Gasteiger charge is -2.26. The van der Waals surface area contributed by atoms with Gasteiger partial charge in [-0.3, -0.25) is 9.59 Å². The number of halogens is 6. The highest BCUT2D eigenvalue weighted by Crippen LogP contribution is 2.44. The number of benzene rings is 2. The molecule has 3 aromatic rings. The molecule has 1 aromatic heterocycles. The summed E-state index contributed by atoms with van der Waals surface area (Å²) in [6.45, 7) is 0. The summed E-state index contributed by atoms with van der Waals surface area (Å²) < 4.78 is 82.0. The van der Waals surface area contributed by atoms with Gasteiger partial charge in [-0.15, -0.1) is 0 Å². The quantitative estimate of drug-likeness (QED) is 0.436. The number of aromatic amines is 1. The standard InChI is InChI=1S/C24H19F6N3O3/c25-23(26,27)14-2-1-3-17-20(14)21(35)13(10-31-17)22(36)32-16-6-4-11(8-15(16)24(28,29)30)33-12-5-7-18(33)19(34)9-12/h1-4,6,8,10,12,18-19,34H,5,7,9H2,(H,31,35)(H,32,36)/t12?,18?,19-/m1/s1. The van der Waals surface area contributed by atoms with Crippen LogP contribution in [0.5, 0.6) is 0 Å². The minimum Gasteiger partial charge on any atom is -0.391 e. The van der Waals surface area contributed by atoms with Crippen molar-refractivity contribution in [3.05, 3.63) is 69.5 Å². The molecule has 2 unspecified atom stereocenters. The molecule has 1 amide bonds. The summed E-state index contributed by atoms with van der Waals surface area (Å²) in [6.07, 6.45) is -7.69. The van der Waals surface area contributed by atoms with Crippen molar-refractivity contribution in [2.75, 3.05) is 10.2 Å². The molecule has 3 atom stereocenters. The lowest BCUT2D eigenvalue weighted by Crippen LogP contribution is -2.32. The van der Waals surface area contributed by atoms with Crippen LogP contribution in [0.4, 0.5) is 37.7 Å². The van der Waals surface area contributed by atoms with E-state index in [2.05, 4.69) is 4.98 Å². The van der Waals surface area contributed by atoms with E-state index >= 15 is 0 Å². The monoisotopic (exact) mass is 511 g/mol. The highest BCUT2D eigenvalue weighted by Gasteiger charge is 2.46. The fourth-order valence-electron chi connectivity index (χ4n) is 5.26. The molecule has 2 aromatic carbocycles. The fourth-order valence-corrected chi connectivity index (χ4v) is 5.26. The second-order valence-electron chi connectivity index (χ2n) is 8.95. The minimum atomic E-state index is -4.89. The molecule has 2 fully saturated rings. The largest absolute Gasteiger partial charge is 0.418 e. The summed E-state index contributed by atoms with van der Waals surface area (Å²) >= 11 is 0. The Labute approximate surface area is 199 Å². The Hall–Kier alpha value is -3.54. The number of H-pyrrole nitrogens is 1. The Balaban J connectivity index is 1.52. The van der Waals surface area contributed by atoms with Crippen LogP contribution >= 0.6 is 0 Å². The molecular weight excluding hydrogens is 492 g/mol. The van der Waals surface area contributed by atoms with E-state index in [-0.39, 0.29) is 23.3 Å². The molecule has 3 heterocycles. The van der Waals surface area contributed by atoms with E-state index in [9.17, 15) is 41.0 Å². The number of carbonyl (C=O) groups excluding carboxylic acids is 1. The third kappa shape index (κ3) is 3.98. The third-order valence-corrected chi connectivity index (χ3v) is 6.82. The number of carbonyl (C=O) groups is 1. The van der Waals surface area contributed by atoms with Crippen LogP contribution in [0.25, 0.3) is 10.9 Å². The van der Waals surface area contributed by atoms with Gasteiger partial charge in [0.2, 0.25) is 5.43 Å². The van der Waals surface area contributed by atoms with Crippen LogP contribution in [-0.4, -0.2) is 34.2 Å². The summed E-state index contributed by atoms with van der Waals surface area (Å²) in [4.78, 5) is 29.8. The molecule has 2 aliphatic rings. The zero-order chi connectivity index (χ0) is 26.0. The van der Waals surface area contributed by atoms with Gasteiger partial charge < -0.3 is 20.3 Å². The lowest BCUT2D eigenvalue weighted by molar-refractivity contribution is -0.137. The number of nitrogens with one attached hydrogen (secondary N) is 2. The molecule has 0 saturated carbocycles. The van der Waals surface area contributed by atoms with Crippen LogP contribution < -0.4 is 15.6 Å². The van der Waals surface area contributed by atoms with Crippen molar-refractivity contribution in [3.63, 3.8) is 0 Å². The SMILES string of the molecule is O=C(Nc1ccc(N2C3CCC2[C@H](O)C3)cc1C(F)(F)F)c1c[nH]c2cccc(C(F)(F)F)c2c1=O. The van der Waals surface area contributed by atoms with Crippen molar-refractivity contribution in [1.29, 1.82) is 0 Å². The number of hydrogen-bond donors (Lipinski definition) is 3. The van der Waals surface area contributed by atoms with Gasteiger partial charge in [0.1, 0.15) is 5.56 Å². The number of hydrogen-bond acceptors (Lipinski definition) is 4. The van der Waals surface area contributed by atoms with Gasteiger partial charge in [0, 0.05) is 23.4 Å². The van der Waals surface area contributed by atoms with E-state index in [4.69, 9.17) is 0 Å². The highest BCUT2D eigenvalue weighted by atomic mass is 19.4.